The predicted octanol–water partition coefficient (Wildman–Crippen LogP) is 2.06. The van der Waals surface area contributed by atoms with Gasteiger partial charge in [0.15, 0.2) is 0 Å². The minimum atomic E-state index is 0.392. The van der Waals surface area contributed by atoms with E-state index in [4.69, 9.17) is 15.2 Å². The van der Waals surface area contributed by atoms with Gasteiger partial charge in [0.1, 0.15) is 18.1 Å². The number of nitrogen functional groups attached to an aromatic ring is 1. The van der Waals surface area contributed by atoms with Crippen molar-refractivity contribution in [1.29, 1.82) is 0 Å². The van der Waals surface area contributed by atoms with Crippen LogP contribution in [0, 0.1) is 6.92 Å². The molecule has 19 heavy (non-hydrogen) atoms. The summed E-state index contributed by atoms with van der Waals surface area (Å²) in [6.45, 7) is 2.97. The SMILES string of the molecule is COCCOc1cnc(N)c(-c2ccc(C)cc2)n1. The Morgan fingerprint density at radius 2 is 1.89 bits per heavy atom. The molecule has 2 N–H and O–H groups in total. The van der Waals surface area contributed by atoms with Crippen LogP contribution in [0.15, 0.2) is 30.5 Å². The largest absolute Gasteiger partial charge is 0.474 e. The van der Waals surface area contributed by atoms with Crippen molar-refractivity contribution >= 4 is 5.82 Å². The number of anilines is 1. The monoisotopic (exact) mass is 259 g/mol. The molecule has 1 aromatic heterocycles. The highest BCUT2D eigenvalue weighted by Crippen LogP contribution is 2.24. The van der Waals surface area contributed by atoms with Gasteiger partial charge in [-0.1, -0.05) is 29.8 Å². The van der Waals surface area contributed by atoms with Crippen molar-refractivity contribution in [3.63, 3.8) is 0 Å². The van der Waals surface area contributed by atoms with Gasteiger partial charge >= 0.3 is 0 Å². The van der Waals surface area contributed by atoms with Gasteiger partial charge in [0.05, 0.1) is 12.8 Å². The highest BCUT2D eigenvalue weighted by atomic mass is 16.5. The Morgan fingerprint density at radius 1 is 1.16 bits per heavy atom. The van der Waals surface area contributed by atoms with E-state index in [0.717, 1.165) is 5.56 Å². The van der Waals surface area contributed by atoms with Crippen molar-refractivity contribution in [1.82, 2.24) is 9.97 Å². The van der Waals surface area contributed by atoms with Crippen LogP contribution < -0.4 is 10.5 Å². The zero-order chi connectivity index (χ0) is 13.7. The summed E-state index contributed by atoms with van der Waals surface area (Å²) in [5.41, 5.74) is 8.60. The average Bonchev–Trinajstić information content (AvgIpc) is 2.42. The second-order valence-electron chi connectivity index (χ2n) is 4.15. The third kappa shape index (κ3) is 3.42. The zero-order valence-corrected chi connectivity index (χ0v) is 11.1. The smallest absolute Gasteiger partial charge is 0.233 e. The van der Waals surface area contributed by atoms with Crippen LogP contribution in [0.3, 0.4) is 0 Å². The first-order valence-electron chi connectivity index (χ1n) is 6.02. The van der Waals surface area contributed by atoms with Crippen LogP contribution in [0.1, 0.15) is 5.56 Å². The van der Waals surface area contributed by atoms with Gasteiger partial charge in [0.25, 0.3) is 0 Å². The topological polar surface area (TPSA) is 70.3 Å². The summed E-state index contributed by atoms with van der Waals surface area (Å²) in [6, 6.07) is 7.95. The molecule has 0 bridgehead atoms. The molecule has 0 fully saturated rings. The first kappa shape index (κ1) is 13.3. The molecule has 1 heterocycles. The molecular weight excluding hydrogens is 242 g/mol. The molecule has 0 aliphatic rings. The number of nitrogens with two attached hydrogens (primary N) is 1. The summed E-state index contributed by atoms with van der Waals surface area (Å²) in [5, 5.41) is 0. The van der Waals surface area contributed by atoms with Gasteiger partial charge in [-0.25, -0.2) is 9.97 Å². The molecule has 0 saturated heterocycles. The van der Waals surface area contributed by atoms with E-state index in [-0.39, 0.29) is 0 Å². The summed E-state index contributed by atoms with van der Waals surface area (Å²) < 4.78 is 10.4. The Hall–Kier alpha value is -2.14. The van der Waals surface area contributed by atoms with Crippen LogP contribution in [0.2, 0.25) is 0 Å². The van der Waals surface area contributed by atoms with Gasteiger partial charge < -0.3 is 15.2 Å². The quantitative estimate of drug-likeness (QED) is 0.832. The van der Waals surface area contributed by atoms with E-state index in [1.807, 2.05) is 31.2 Å². The fourth-order valence-corrected chi connectivity index (χ4v) is 1.61. The molecule has 0 aliphatic carbocycles. The Bertz CT molecular complexity index is 541. The fraction of sp³-hybridized carbons (Fsp3) is 0.286. The normalized spacial score (nSPS) is 10.4. The van der Waals surface area contributed by atoms with Crippen LogP contribution >= 0.6 is 0 Å². The Labute approximate surface area is 112 Å². The molecule has 0 atom stereocenters. The number of hydrogen-bond acceptors (Lipinski definition) is 5. The van der Waals surface area contributed by atoms with Crippen molar-refractivity contribution in [3.8, 4) is 17.1 Å². The van der Waals surface area contributed by atoms with Crippen molar-refractivity contribution in [3.05, 3.63) is 36.0 Å². The first-order valence-corrected chi connectivity index (χ1v) is 6.02. The standard InChI is InChI=1S/C14H17N3O2/c1-10-3-5-11(6-4-10)13-14(15)16-9-12(17-13)19-8-7-18-2/h3-6,9H,7-8H2,1-2H3,(H2,15,16). The minimum Gasteiger partial charge on any atom is -0.474 e. The lowest BCUT2D eigenvalue weighted by molar-refractivity contribution is 0.143. The summed E-state index contributed by atoms with van der Waals surface area (Å²) >= 11 is 0. The Kier molecular flexibility index (Phi) is 4.30. The van der Waals surface area contributed by atoms with Gasteiger partial charge in [0.2, 0.25) is 5.88 Å². The molecule has 0 unspecified atom stereocenters. The van der Waals surface area contributed by atoms with Crippen molar-refractivity contribution in [2.45, 2.75) is 6.92 Å². The molecule has 100 valence electrons. The maximum Gasteiger partial charge on any atom is 0.233 e. The highest BCUT2D eigenvalue weighted by molar-refractivity contribution is 5.70. The number of aryl methyl sites for hydroxylation is 1. The Balaban J connectivity index is 2.24. The molecule has 0 aliphatic heterocycles. The molecule has 0 saturated carbocycles. The first-order chi connectivity index (χ1) is 9.20. The number of aromatic nitrogens is 2. The van der Waals surface area contributed by atoms with Gasteiger partial charge in [-0.15, -0.1) is 0 Å². The van der Waals surface area contributed by atoms with Crippen LogP contribution in [0.4, 0.5) is 5.82 Å². The third-order valence-corrected chi connectivity index (χ3v) is 2.64. The number of nitrogens with zero attached hydrogens (tertiary/aromatic N) is 2. The molecule has 5 nitrogen and oxygen atoms in total. The zero-order valence-electron chi connectivity index (χ0n) is 11.1. The van der Waals surface area contributed by atoms with Gasteiger partial charge in [-0.05, 0) is 6.92 Å². The molecule has 2 aromatic rings. The highest BCUT2D eigenvalue weighted by Gasteiger charge is 2.08. The lowest BCUT2D eigenvalue weighted by Gasteiger charge is -2.08. The number of rotatable bonds is 5. The van der Waals surface area contributed by atoms with E-state index in [2.05, 4.69) is 9.97 Å². The van der Waals surface area contributed by atoms with Crippen LogP contribution in [-0.2, 0) is 4.74 Å². The van der Waals surface area contributed by atoms with Gasteiger partial charge in [-0.3, -0.25) is 0 Å². The lowest BCUT2D eigenvalue weighted by Crippen LogP contribution is -2.07. The molecule has 5 heteroatoms. The molecule has 0 spiro atoms. The third-order valence-electron chi connectivity index (χ3n) is 2.64. The second kappa shape index (κ2) is 6.15. The van der Waals surface area contributed by atoms with Crippen LogP contribution in [0.25, 0.3) is 11.3 Å². The van der Waals surface area contributed by atoms with E-state index in [1.165, 1.54) is 11.8 Å². The van der Waals surface area contributed by atoms with Gasteiger partial charge in [-0.2, -0.15) is 0 Å². The fourth-order valence-electron chi connectivity index (χ4n) is 1.61. The predicted molar refractivity (Wildman–Crippen MR) is 74.0 cm³/mol. The summed E-state index contributed by atoms with van der Waals surface area (Å²) in [5.74, 6) is 0.838. The van der Waals surface area contributed by atoms with E-state index in [0.29, 0.717) is 30.6 Å². The van der Waals surface area contributed by atoms with Crippen molar-refractivity contribution < 1.29 is 9.47 Å². The summed E-state index contributed by atoms with van der Waals surface area (Å²) in [7, 11) is 1.62. The number of benzene rings is 1. The number of hydrogen-bond donors (Lipinski definition) is 1. The Morgan fingerprint density at radius 3 is 2.58 bits per heavy atom. The molecule has 1 aromatic carbocycles. The average molecular weight is 259 g/mol. The van der Waals surface area contributed by atoms with E-state index in [1.54, 1.807) is 7.11 Å². The minimum absolute atomic E-state index is 0.392. The number of ether oxygens (including phenoxy) is 2. The molecule has 0 radical (unpaired) electrons. The molecule has 0 amide bonds. The molecule has 2 rings (SSSR count). The van der Waals surface area contributed by atoms with Crippen LogP contribution in [-0.4, -0.2) is 30.3 Å². The van der Waals surface area contributed by atoms with Crippen molar-refractivity contribution in [2.75, 3.05) is 26.1 Å². The van der Waals surface area contributed by atoms with E-state index < -0.39 is 0 Å². The van der Waals surface area contributed by atoms with Crippen LogP contribution in [0.5, 0.6) is 5.88 Å². The maximum atomic E-state index is 5.86. The summed E-state index contributed by atoms with van der Waals surface area (Å²) in [6.07, 6.45) is 1.52. The summed E-state index contributed by atoms with van der Waals surface area (Å²) in [4.78, 5) is 8.48. The molecular formula is C14H17N3O2. The maximum absolute atomic E-state index is 5.86. The number of methoxy groups -OCH3 is 1. The van der Waals surface area contributed by atoms with Crippen molar-refractivity contribution in [2.24, 2.45) is 0 Å². The lowest BCUT2D eigenvalue weighted by atomic mass is 10.1. The van der Waals surface area contributed by atoms with E-state index >= 15 is 0 Å². The van der Waals surface area contributed by atoms with Gasteiger partial charge in [0, 0.05) is 12.7 Å². The van der Waals surface area contributed by atoms with E-state index in [9.17, 15) is 0 Å². The second-order valence-corrected chi connectivity index (χ2v) is 4.15.